The molecule has 4 rings (SSSR count). The molecule has 1 aromatic heterocycles. The summed E-state index contributed by atoms with van der Waals surface area (Å²) in [4.78, 5) is 44.7. The zero-order valence-corrected chi connectivity index (χ0v) is 22.6. The Kier molecular flexibility index (Phi) is 9.05. The number of nitrogens with one attached hydrogen (secondary N) is 3. The van der Waals surface area contributed by atoms with Crippen molar-refractivity contribution in [3.63, 3.8) is 0 Å². The van der Waals surface area contributed by atoms with Gasteiger partial charge in [0.25, 0.3) is 0 Å². The normalized spacial score (nSPS) is 20.2. The van der Waals surface area contributed by atoms with E-state index in [9.17, 15) is 19.6 Å². The maximum Gasteiger partial charge on any atom is 0.223 e. The predicted molar refractivity (Wildman–Crippen MR) is 145 cm³/mol. The summed E-state index contributed by atoms with van der Waals surface area (Å²) in [6.07, 6.45) is 3.73. The van der Waals surface area contributed by atoms with Crippen LogP contribution in [0.5, 0.6) is 5.75 Å². The minimum atomic E-state index is -0.548. The van der Waals surface area contributed by atoms with Crippen molar-refractivity contribution in [2.24, 2.45) is 17.8 Å². The number of nitriles is 1. The first kappa shape index (κ1) is 27.6. The van der Waals surface area contributed by atoms with Gasteiger partial charge in [-0.1, -0.05) is 19.9 Å². The molecule has 0 saturated carbocycles. The number of fused-ring (bicyclic) bond motifs is 1. The summed E-state index contributed by atoms with van der Waals surface area (Å²) < 4.78 is 5.42. The van der Waals surface area contributed by atoms with Gasteiger partial charge in [0.05, 0.1) is 24.9 Å². The van der Waals surface area contributed by atoms with Crippen molar-refractivity contribution in [2.45, 2.75) is 64.5 Å². The number of nitrogens with zero attached hydrogens (tertiary/aromatic N) is 2. The molecule has 0 radical (unpaired) electrons. The number of benzene rings is 1. The molecule has 204 valence electrons. The topological polar surface area (TPSA) is 127 Å². The Labute approximate surface area is 224 Å². The summed E-state index contributed by atoms with van der Waals surface area (Å²) in [7, 11) is 1.59. The summed E-state index contributed by atoms with van der Waals surface area (Å²) in [5, 5.41) is 16.9. The van der Waals surface area contributed by atoms with E-state index in [1.54, 1.807) is 13.2 Å². The van der Waals surface area contributed by atoms with Crippen molar-refractivity contribution in [3.8, 4) is 11.8 Å². The van der Waals surface area contributed by atoms with Gasteiger partial charge in [-0.05, 0) is 69.3 Å². The summed E-state index contributed by atoms with van der Waals surface area (Å²) in [5.74, 6) is -0.302. The van der Waals surface area contributed by atoms with Crippen molar-refractivity contribution < 1.29 is 19.1 Å². The number of carbonyl (C=O) groups excluding carboxylic acids is 3. The van der Waals surface area contributed by atoms with Crippen LogP contribution in [0.1, 0.15) is 62.9 Å². The van der Waals surface area contributed by atoms with E-state index in [1.165, 1.54) is 0 Å². The molecule has 4 unspecified atom stereocenters. The van der Waals surface area contributed by atoms with Crippen LogP contribution in [0.25, 0.3) is 10.9 Å². The second-order valence-electron chi connectivity index (χ2n) is 11.0. The third kappa shape index (κ3) is 6.36. The highest BCUT2D eigenvalue weighted by atomic mass is 16.5. The van der Waals surface area contributed by atoms with Crippen LogP contribution in [0, 0.1) is 29.1 Å². The zero-order chi connectivity index (χ0) is 27.2. The number of ketones is 1. The molecule has 1 aromatic carbocycles. The fraction of sp³-hybridized carbons (Fsp3) is 0.586. The average Bonchev–Trinajstić information content (AvgIpc) is 3.65. The number of carbonyl (C=O) groups is 3. The lowest BCUT2D eigenvalue weighted by atomic mass is 9.89. The number of amides is 2. The molecule has 9 nitrogen and oxygen atoms in total. The van der Waals surface area contributed by atoms with Gasteiger partial charge in [-0.3, -0.25) is 19.3 Å². The third-order valence-electron chi connectivity index (χ3n) is 7.78. The maximum absolute atomic E-state index is 13.7. The zero-order valence-electron chi connectivity index (χ0n) is 22.6. The number of Topliss-reactive ketones (excluding diaryl/α,β-unsaturated/α-hetero) is 1. The lowest BCUT2D eigenvalue weighted by Gasteiger charge is -2.32. The maximum atomic E-state index is 13.7. The molecule has 2 amide bonds. The first-order chi connectivity index (χ1) is 18.3. The van der Waals surface area contributed by atoms with Crippen LogP contribution < -0.4 is 15.4 Å². The van der Waals surface area contributed by atoms with E-state index >= 15 is 0 Å². The first-order valence-corrected chi connectivity index (χ1v) is 13.7. The van der Waals surface area contributed by atoms with Crippen LogP contribution in [0.15, 0.2) is 24.3 Å². The second kappa shape index (κ2) is 12.4. The summed E-state index contributed by atoms with van der Waals surface area (Å²) >= 11 is 0. The van der Waals surface area contributed by atoms with E-state index in [0.29, 0.717) is 37.3 Å². The molecule has 38 heavy (non-hydrogen) atoms. The van der Waals surface area contributed by atoms with Crippen LogP contribution in [-0.4, -0.2) is 66.3 Å². The number of aromatic amines is 1. The number of ether oxygens (including phenoxy) is 1. The molecule has 3 N–H and O–H groups in total. The lowest BCUT2D eigenvalue weighted by Crippen LogP contribution is -2.53. The number of rotatable bonds is 12. The Hall–Kier alpha value is -3.38. The third-order valence-corrected chi connectivity index (χ3v) is 7.78. The fourth-order valence-electron chi connectivity index (χ4n) is 5.83. The Morgan fingerprint density at radius 2 is 2.03 bits per heavy atom. The molecule has 4 atom stereocenters. The number of hydrogen-bond acceptors (Lipinski definition) is 6. The quantitative estimate of drug-likeness (QED) is 0.367. The SMILES string of the molecule is COc1cccc2[nH]c(C(=O)CC(CC(C)C)C(=O)NC(CC3CCNC3=O)C(C#N)N3CCCC3)cc12. The highest BCUT2D eigenvalue weighted by molar-refractivity contribution is 6.02. The minimum absolute atomic E-state index is 0.0227. The lowest BCUT2D eigenvalue weighted by molar-refractivity contribution is -0.128. The Bertz CT molecular complexity index is 1190. The first-order valence-electron chi connectivity index (χ1n) is 13.7. The van der Waals surface area contributed by atoms with Crippen LogP contribution in [0.4, 0.5) is 0 Å². The molecule has 2 fully saturated rings. The Morgan fingerprint density at radius 1 is 1.26 bits per heavy atom. The van der Waals surface area contributed by atoms with E-state index < -0.39 is 18.0 Å². The molecular formula is C29H39N5O4. The van der Waals surface area contributed by atoms with Gasteiger partial charge in [0.15, 0.2) is 5.78 Å². The molecular weight excluding hydrogens is 482 g/mol. The number of H-pyrrole nitrogens is 1. The van der Waals surface area contributed by atoms with Crippen LogP contribution in [-0.2, 0) is 9.59 Å². The second-order valence-corrected chi connectivity index (χ2v) is 11.0. The molecule has 9 heteroatoms. The van der Waals surface area contributed by atoms with Gasteiger partial charge in [0.2, 0.25) is 11.8 Å². The molecule has 2 aliphatic rings. The molecule has 0 aliphatic carbocycles. The predicted octanol–water partition coefficient (Wildman–Crippen LogP) is 3.41. The van der Waals surface area contributed by atoms with Gasteiger partial charge in [-0.15, -0.1) is 0 Å². The van der Waals surface area contributed by atoms with Gasteiger partial charge in [-0.25, -0.2) is 0 Å². The van der Waals surface area contributed by atoms with Crippen LogP contribution in [0.3, 0.4) is 0 Å². The summed E-state index contributed by atoms with van der Waals surface area (Å²) in [5.41, 5.74) is 1.24. The van der Waals surface area contributed by atoms with E-state index in [2.05, 4.69) is 26.6 Å². The average molecular weight is 522 g/mol. The Balaban J connectivity index is 1.53. The van der Waals surface area contributed by atoms with Gasteiger partial charge in [-0.2, -0.15) is 5.26 Å². The molecule has 2 aliphatic heterocycles. The summed E-state index contributed by atoms with van der Waals surface area (Å²) in [6.45, 7) is 6.28. The number of likely N-dealkylation sites (tertiary alicyclic amines) is 1. The highest BCUT2D eigenvalue weighted by Gasteiger charge is 2.37. The number of aromatic nitrogens is 1. The van der Waals surface area contributed by atoms with Crippen molar-refractivity contribution in [1.29, 1.82) is 5.26 Å². The Morgan fingerprint density at radius 3 is 2.66 bits per heavy atom. The van der Waals surface area contributed by atoms with E-state index in [0.717, 1.165) is 36.8 Å². The van der Waals surface area contributed by atoms with Crippen molar-refractivity contribution in [1.82, 2.24) is 20.5 Å². The molecule has 2 aromatic rings. The fourth-order valence-corrected chi connectivity index (χ4v) is 5.83. The van der Waals surface area contributed by atoms with Crippen LogP contribution >= 0.6 is 0 Å². The van der Waals surface area contributed by atoms with Gasteiger partial charge in [0.1, 0.15) is 11.8 Å². The summed E-state index contributed by atoms with van der Waals surface area (Å²) in [6, 6.07) is 8.78. The number of hydrogen-bond donors (Lipinski definition) is 3. The monoisotopic (exact) mass is 521 g/mol. The highest BCUT2D eigenvalue weighted by Crippen LogP contribution is 2.28. The van der Waals surface area contributed by atoms with Gasteiger partial charge < -0.3 is 20.4 Å². The van der Waals surface area contributed by atoms with Gasteiger partial charge >= 0.3 is 0 Å². The molecule has 0 spiro atoms. The smallest absolute Gasteiger partial charge is 0.223 e. The van der Waals surface area contributed by atoms with Crippen molar-refractivity contribution in [2.75, 3.05) is 26.7 Å². The van der Waals surface area contributed by atoms with Crippen LogP contribution in [0.2, 0.25) is 0 Å². The minimum Gasteiger partial charge on any atom is -0.496 e. The van der Waals surface area contributed by atoms with E-state index in [1.807, 2.05) is 32.0 Å². The van der Waals surface area contributed by atoms with Crippen molar-refractivity contribution >= 4 is 28.5 Å². The van der Waals surface area contributed by atoms with Crippen molar-refractivity contribution in [3.05, 3.63) is 30.0 Å². The molecule has 3 heterocycles. The van der Waals surface area contributed by atoms with E-state index in [-0.39, 0.29) is 35.9 Å². The largest absolute Gasteiger partial charge is 0.496 e. The van der Waals surface area contributed by atoms with Gasteiger partial charge in [0, 0.05) is 35.7 Å². The molecule has 2 saturated heterocycles. The van der Waals surface area contributed by atoms with E-state index in [4.69, 9.17) is 4.74 Å². The number of methoxy groups -OCH3 is 1. The molecule has 0 bridgehead atoms. The standard InChI is InChI=1S/C29H39N5O4/c1-18(2)13-20(15-26(35)24-16-21-22(32-24)7-6-8-27(21)38-3)29(37)33-23(14-19-9-10-31-28(19)36)25(17-30)34-11-4-5-12-34/h6-8,16,18-20,23,25,32H,4-5,9-15H2,1-3H3,(H,31,36)(H,33,37).